The van der Waals surface area contributed by atoms with Gasteiger partial charge >= 0.3 is 0 Å². The van der Waals surface area contributed by atoms with Gasteiger partial charge in [-0.15, -0.1) is 0 Å². The van der Waals surface area contributed by atoms with E-state index >= 15 is 0 Å². The van der Waals surface area contributed by atoms with E-state index in [0.29, 0.717) is 0 Å². The summed E-state index contributed by atoms with van der Waals surface area (Å²) in [6, 6.07) is 12.5. The standard InChI is InChI=1S/C14H20N2.CH3I/c1-15-13-7-8-14(15)11-16(10-13)9-12-5-3-2-4-6-12;1-2/h2-6,13-14H,7-11H2,1H3;1H3. The third-order valence-electron chi connectivity index (χ3n) is 4.17. The Hall–Kier alpha value is -0.130. The first-order valence-electron chi connectivity index (χ1n) is 6.69. The lowest BCUT2D eigenvalue weighted by molar-refractivity contribution is 0.0837. The van der Waals surface area contributed by atoms with Crippen LogP contribution in [0.1, 0.15) is 18.4 Å². The molecule has 0 N–H and O–H groups in total. The molecular formula is C15H23IN2. The summed E-state index contributed by atoms with van der Waals surface area (Å²) in [6.45, 7) is 3.63. The molecule has 0 spiro atoms. The highest BCUT2D eigenvalue weighted by Gasteiger charge is 2.37. The highest BCUT2D eigenvalue weighted by Crippen LogP contribution is 2.28. The molecule has 2 nitrogen and oxygen atoms in total. The van der Waals surface area contributed by atoms with Gasteiger partial charge in [0.2, 0.25) is 0 Å². The van der Waals surface area contributed by atoms with Crippen LogP contribution in [0.5, 0.6) is 0 Å². The second-order valence-electron chi connectivity index (χ2n) is 5.23. The maximum atomic E-state index is 2.62. The molecule has 1 aromatic rings. The maximum Gasteiger partial charge on any atom is 0.0235 e. The normalized spacial score (nSPS) is 27.7. The van der Waals surface area contributed by atoms with Gasteiger partial charge in [-0.05, 0) is 30.4 Å². The molecule has 2 atom stereocenters. The van der Waals surface area contributed by atoms with Crippen LogP contribution in [0.25, 0.3) is 0 Å². The van der Waals surface area contributed by atoms with Crippen molar-refractivity contribution in [2.45, 2.75) is 31.5 Å². The quantitative estimate of drug-likeness (QED) is 0.592. The number of nitrogens with zero attached hydrogens (tertiary/aromatic N) is 2. The average molecular weight is 358 g/mol. The minimum Gasteiger partial charge on any atom is -0.298 e. The molecule has 2 heterocycles. The first-order valence-corrected chi connectivity index (χ1v) is 8.84. The number of hydrogen-bond acceptors (Lipinski definition) is 2. The van der Waals surface area contributed by atoms with Crippen molar-refractivity contribution in [3.05, 3.63) is 35.9 Å². The molecule has 0 aromatic heterocycles. The molecule has 2 bridgehead atoms. The number of likely N-dealkylation sites (N-methyl/N-ethyl adjacent to an activating group) is 1. The third kappa shape index (κ3) is 3.25. The van der Waals surface area contributed by atoms with Gasteiger partial charge in [-0.1, -0.05) is 52.9 Å². The molecule has 2 aliphatic rings. The summed E-state index contributed by atoms with van der Waals surface area (Å²) in [5, 5.41) is 0. The molecule has 0 saturated carbocycles. The number of halogens is 1. The molecule has 18 heavy (non-hydrogen) atoms. The van der Waals surface area contributed by atoms with Crippen LogP contribution >= 0.6 is 22.6 Å². The monoisotopic (exact) mass is 358 g/mol. The van der Waals surface area contributed by atoms with Gasteiger partial charge in [0.25, 0.3) is 0 Å². The van der Waals surface area contributed by atoms with Crippen LogP contribution in [-0.2, 0) is 6.54 Å². The Morgan fingerprint density at radius 2 is 1.61 bits per heavy atom. The molecule has 2 saturated heterocycles. The molecule has 2 fully saturated rings. The minimum atomic E-state index is 0.808. The van der Waals surface area contributed by atoms with Crippen molar-refractivity contribution >= 4 is 22.6 Å². The third-order valence-corrected chi connectivity index (χ3v) is 4.17. The van der Waals surface area contributed by atoms with Gasteiger partial charge in [0.15, 0.2) is 0 Å². The Labute approximate surface area is 124 Å². The van der Waals surface area contributed by atoms with Crippen molar-refractivity contribution in [2.24, 2.45) is 0 Å². The second-order valence-corrected chi connectivity index (χ2v) is 5.23. The zero-order chi connectivity index (χ0) is 13.0. The fraction of sp³-hybridized carbons (Fsp3) is 0.600. The van der Waals surface area contributed by atoms with Crippen molar-refractivity contribution in [1.29, 1.82) is 0 Å². The first-order chi connectivity index (χ1) is 8.83. The molecule has 0 aliphatic carbocycles. The SMILES string of the molecule is CI.CN1C2CCC1CN(Cc1ccccc1)C2. The van der Waals surface area contributed by atoms with Gasteiger partial charge in [0.1, 0.15) is 0 Å². The smallest absolute Gasteiger partial charge is 0.0235 e. The van der Waals surface area contributed by atoms with Crippen molar-refractivity contribution in [1.82, 2.24) is 9.80 Å². The lowest BCUT2D eigenvalue weighted by atomic mass is 10.1. The van der Waals surface area contributed by atoms with Crippen LogP contribution < -0.4 is 0 Å². The van der Waals surface area contributed by atoms with Crippen LogP contribution in [-0.4, -0.2) is 47.0 Å². The molecule has 2 unspecified atom stereocenters. The summed E-state index contributed by atoms with van der Waals surface area (Å²) in [5.74, 6) is 0. The first kappa shape index (κ1) is 14.3. The van der Waals surface area contributed by atoms with E-state index in [4.69, 9.17) is 0 Å². The Kier molecular flexibility index (Phi) is 5.45. The predicted molar refractivity (Wildman–Crippen MR) is 86.2 cm³/mol. The van der Waals surface area contributed by atoms with Crippen molar-refractivity contribution in [3.63, 3.8) is 0 Å². The van der Waals surface area contributed by atoms with Gasteiger partial charge in [-0.25, -0.2) is 0 Å². The zero-order valence-electron chi connectivity index (χ0n) is 11.3. The number of likely N-dealkylation sites (tertiary alicyclic amines) is 1. The van der Waals surface area contributed by atoms with Crippen LogP contribution in [0.15, 0.2) is 30.3 Å². The molecular weight excluding hydrogens is 335 g/mol. The van der Waals surface area contributed by atoms with Gasteiger partial charge in [0, 0.05) is 31.7 Å². The van der Waals surface area contributed by atoms with Gasteiger partial charge < -0.3 is 0 Å². The Balaban J connectivity index is 0.000000574. The van der Waals surface area contributed by atoms with Gasteiger partial charge in [-0.2, -0.15) is 0 Å². The summed E-state index contributed by atoms with van der Waals surface area (Å²) in [4.78, 5) is 7.18. The number of benzene rings is 1. The van der Waals surface area contributed by atoms with E-state index in [2.05, 4.69) is 69.8 Å². The number of fused-ring (bicyclic) bond motifs is 2. The van der Waals surface area contributed by atoms with Crippen molar-refractivity contribution < 1.29 is 0 Å². The van der Waals surface area contributed by atoms with Crippen LogP contribution in [0.3, 0.4) is 0 Å². The molecule has 100 valence electrons. The van der Waals surface area contributed by atoms with Crippen molar-refractivity contribution in [3.8, 4) is 0 Å². The molecule has 3 heteroatoms. The van der Waals surface area contributed by atoms with E-state index in [1.807, 2.05) is 4.93 Å². The average Bonchev–Trinajstić information content (AvgIpc) is 2.65. The number of alkyl halides is 1. The Morgan fingerprint density at radius 3 is 2.17 bits per heavy atom. The summed E-state index contributed by atoms with van der Waals surface area (Å²) < 4.78 is 0. The Bertz CT molecular complexity index is 341. The molecule has 0 amide bonds. The van der Waals surface area contributed by atoms with E-state index in [-0.39, 0.29) is 0 Å². The molecule has 1 aromatic carbocycles. The summed E-state index contributed by atoms with van der Waals surface area (Å²) in [6.07, 6.45) is 2.79. The van der Waals surface area contributed by atoms with E-state index in [9.17, 15) is 0 Å². The lowest BCUT2D eigenvalue weighted by Gasteiger charge is -2.38. The highest BCUT2D eigenvalue weighted by molar-refractivity contribution is 14.1. The topological polar surface area (TPSA) is 6.48 Å². The fourth-order valence-corrected chi connectivity index (χ4v) is 3.17. The molecule has 3 rings (SSSR count). The predicted octanol–water partition coefficient (Wildman–Crippen LogP) is 3.02. The van der Waals surface area contributed by atoms with Crippen LogP contribution in [0.2, 0.25) is 0 Å². The number of hydrogen-bond donors (Lipinski definition) is 0. The Morgan fingerprint density at radius 1 is 1.06 bits per heavy atom. The van der Waals surface area contributed by atoms with Gasteiger partial charge in [0.05, 0.1) is 0 Å². The van der Waals surface area contributed by atoms with Crippen molar-refractivity contribution in [2.75, 3.05) is 25.1 Å². The fourth-order valence-electron chi connectivity index (χ4n) is 3.17. The van der Waals surface area contributed by atoms with E-state index < -0.39 is 0 Å². The van der Waals surface area contributed by atoms with E-state index in [0.717, 1.165) is 18.6 Å². The number of piperazine rings is 1. The highest BCUT2D eigenvalue weighted by atomic mass is 127. The van der Waals surface area contributed by atoms with Gasteiger partial charge in [-0.3, -0.25) is 9.80 Å². The molecule has 0 radical (unpaired) electrons. The maximum absolute atomic E-state index is 2.62. The summed E-state index contributed by atoms with van der Waals surface area (Å²) in [5.41, 5.74) is 1.45. The van der Waals surface area contributed by atoms with E-state index in [1.165, 1.54) is 31.5 Å². The van der Waals surface area contributed by atoms with E-state index in [1.54, 1.807) is 0 Å². The minimum absolute atomic E-state index is 0.808. The lowest BCUT2D eigenvalue weighted by Crippen LogP contribution is -2.51. The summed E-state index contributed by atoms with van der Waals surface area (Å²) in [7, 11) is 2.29. The zero-order valence-corrected chi connectivity index (χ0v) is 13.5. The van der Waals surface area contributed by atoms with Crippen LogP contribution in [0.4, 0.5) is 0 Å². The largest absolute Gasteiger partial charge is 0.298 e. The van der Waals surface area contributed by atoms with Crippen LogP contribution in [0, 0.1) is 0 Å². The second kappa shape index (κ2) is 6.87. The summed E-state index contributed by atoms with van der Waals surface area (Å²) >= 11 is 2.15. The molecule has 2 aliphatic heterocycles. The number of rotatable bonds is 2.